The summed E-state index contributed by atoms with van der Waals surface area (Å²) in [6.07, 6.45) is 5.84. The molecule has 1 saturated carbocycles. The highest BCUT2D eigenvalue weighted by Crippen LogP contribution is 2.40. The van der Waals surface area contributed by atoms with Gasteiger partial charge in [0.15, 0.2) is 0 Å². The fraction of sp³-hybridized carbons (Fsp3) is 0.818. The first kappa shape index (κ1) is 9.22. The maximum atomic E-state index is 9.85. The molecule has 0 aromatic heterocycles. The predicted octanol–water partition coefficient (Wildman–Crippen LogP) is 1.41. The van der Waals surface area contributed by atoms with E-state index in [2.05, 4.69) is 24.9 Å². The summed E-state index contributed by atoms with van der Waals surface area (Å²) in [5, 5.41) is 9.85. The molecule has 0 aromatic rings. The Kier molecular flexibility index (Phi) is 2.43. The van der Waals surface area contributed by atoms with Crippen molar-refractivity contribution in [1.82, 2.24) is 4.90 Å². The number of aliphatic hydroxyl groups is 1. The fourth-order valence-electron chi connectivity index (χ4n) is 2.23. The summed E-state index contributed by atoms with van der Waals surface area (Å²) in [7, 11) is 2.09. The Morgan fingerprint density at radius 1 is 1.54 bits per heavy atom. The molecule has 74 valence electrons. The van der Waals surface area contributed by atoms with Crippen molar-refractivity contribution >= 4 is 0 Å². The quantitative estimate of drug-likeness (QED) is 0.651. The van der Waals surface area contributed by atoms with Crippen molar-refractivity contribution in [3.8, 4) is 0 Å². The van der Waals surface area contributed by atoms with Crippen LogP contribution in [0, 0.1) is 5.92 Å². The van der Waals surface area contributed by atoms with Crippen LogP contribution in [-0.4, -0.2) is 35.7 Å². The van der Waals surface area contributed by atoms with Crippen molar-refractivity contribution in [2.75, 3.05) is 13.6 Å². The highest BCUT2D eigenvalue weighted by Gasteiger charge is 2.34. The number of nitrogens with zero attached hydrogens (tertiary/aromatic N) is 1. The molecule has 13 heavy (non-hydrogen) atoms. The lowest BCUT2D eigenvalue weighted by Gasteiger charge is -2.34. The van der Waals surface area contributed by atoms with E-state index in [1.54, 1.807) is 0 Å². The Bertz CT molecular complexity index is 220. The maximum Gasteiger partial charge on any atom is 0.0880 e. The van der Waals surface area contributed by atoms with Gasteiger partial charge in [-0.3, -0.25) is 4.90 Å². The molecule has 2 atom stereocenters. The smallest absolute Gasteiger partial charge is 0.0880 e. The van der Waals surface area contributed by atoms with Crippen LogP contribution in [0.15, 0.2) is 11.6 Å². The molecule has 1 heterocycles. The van der Waals surface area contributed by atoms with Crippen molar-refractivity contribution in [3.63, 3.8) is 0 Å². The van der Waals surface area contributed by atoms with Crippen molar-refractivity contribution in [3.05, 3.63) is 11.6 Å². The maximum absolute atomic E-state index is 9.85. The lowest BCUT2D eigenvalue weighted by Crippen LogP contribution is -2.42. The van der Waals surface area contributed by atoms with Crippen molar-refractivity contribution in [1.29, 1.82) is 0 Å². The molecule has 2 aliphatic rings. The third-order valence-electron chi connectivity index (χ3n) is 3.26. The Balaban J connectivity index is 2.13. The van der Waals surface area contributed by atoms with E-state index in [9.17, 15) is 5.11 Å². The van der Waals surface area contributed by atoms with E-state index in [0.29, 0.717) is 6.04 Å². The first-order valence-electron chi connectivity index (χ1n) is 5.32. The topological polar surface area (TPSA) is 23.5 Å². The van der Waals surface area contributed by atoms with Gasteiger partial charge in [0.05, 0.1) is 6.10 Å². The largest absolute Gasteiger partial charge is 0.387 e. The molecule has 1 aliphatic carbocycles. The van der Waals surface area contributed by atoms with Crippen LogP contribution in [0.25, 0.3) is 0 Å². The molecule has 0 aromatic carbocycles. The Hall–Kier alpha value is -0.340. The number of β-amino-alcohol motifs (C(OH)–C–C–N with tert-alkyl or cyclic N) is 1. The summed E-state index contributed by atoms with van der Waals surface area (Å²) in [4.78, 5) is 2.25. The minimum absolute atomic E-state index is 0.194. The van der Waals surface area contributed by atoms with Crippen molar-refractivity contribution in [2.24, 2.45) is 5.92 Å². The zero-order valence-electron chi connectivity index (χ0n) is 8.53. The second-order valence-electron chi connectivity index (χ2n) is 4.37. The molecule has 0 spiro atoms. The standard InChI is InChI=1S/C11H19NO/c1-3-9-6-10(8-4-5-8)11(13)7-12(9)2/h6,8-9,11,13H,3-5,7H2,1-2H3/t9-,11-/m1/s1. The summed E-state index contributed by atoms with van der Waals surface area (Å²) in [5.41, 5.74) is 1.32. The third kappa shape index (κ3) is 1.79. The SMILES string of the molecule is CC[C@@H]1C=C(C2CC2)[C@H](O)CN1C. The summed E-state index contributed by atoms with van der Waals surface area (Å²) in [6, 6.07) is 0.555. The first-order valence-corrected chi connectivity index (χ1v) is 5.32. The van der Waals surface area contributed by atoms with Crippen molar-refractivity contribution in [2.45, 2.75) is 38.3 Å². The Morgan fingerprint density at radius 2 is 2.23 bits per heavy atom. The molecule has 0 saturated heterocycles. The average Bonchev–Trinajstić information content (AvgIpc) is 2.88. The Labute approximate surface area is 80.2 Å². The highest BCUT2D eigenvalue weighted by molar-refractivity contribution is 5.22. The van der Waals surface area contributed by atoms with Gasteiger partial charge in [0.25, 0.3) is 0 Å². The van der Waals surface area contributed by atoms with Crippen LogP contribution in [0.5, 0.6) is 0 Å². The molecule has 1 aliphatic heterocycles. The fourth-order valence-corrected chi connectivity index (χ4v) is 2.23. The van der Waals surface area contributed by atoms with Gasteiger partial charge in [0.2, 0.25) is 0 Å². The van der Waals surface area contributed by atoms with Crippen LogP contribution in [-0.2, 0) is 0 Å². The molecule has 0 unspecified atom stereocenters. The van der Waals surface area contributed by atoms with Gasteiger partial charge < -0.3 is 5.11 Å². The number of rotatable bonds is 2. The molecule has 0 radical (unpaired) electrons. The van der Waals surface area contributed by atoms with E-state index in [-0.39, 0.29) is 6.10 Å². The molecule has 2 rings (SSSR count). The molecular formula is C11H19NO. The van der Waals surface area contributed by atoms with Gasteiger partial charge in [-0.1, -0.05) is 13.0 Å². The minimum atomic E-state index is -0.194. The van der Waals surface area contributed by atoms with E-state index >= 15 is 0 Å². The van der Waals surface area contributed by atoms with Crippen LogP contribution in [0.2, 0.25) is 0 Å². The number of hydrogen-bond donors (Lipinski definition) is 1. The lowest BCUT2D eigenvalue weighted by atomic mass is 9.95. The predicted molar refractivity (Wildman–Crippen MR) is 53.5 cm³/mol. The molecule has 2 heteroatoms. The van der Waals surface area contributed by atoms with Gasteiger partial charge >= 0.3 is 0 Å². The van der Waals surface area contributed by atoms with Gasteiger partial charge in [-0.15, -0.1) is 0 Å². The van der Waals surface area contributed by atoms with E-state index in [1.807, 2.05) is 0 Å². The summed E-state index contributed by atoms with van der Waals surface area (Å²) in [6.45, 7) is 3.03. The number of aliphatic hydroxyl groups excluding tert-OH is 1. The van der Waals surface area contributed by atoms with Crippen LogP contribution in [0.1, 0.15) is 26.2 Å². The third-order valence-corrected chi connectivity index (χ3v) is 3.26. The Morgan fingerprint density at radius 3 is 2.77 bits per heavy atom. The minimum Gasteiger partial charge on any atom is -0.387 e. The van der Waals surface area contributed by atoms with Gasteiger partial charge in [-0.25, -0.2) is 0 Å². The molecule has 1 N–H and O–H groups in total. The van der Waals surface area contributed by atoms with Crippen LogP contribution >= 0.6 is 0 Å². The second kappa shape index (κ2) is 3.43. The van der Waals surface area contributed by atoms with E-state index < -0.39 is 0 Å². The van der Waals surface area contributed by atoms with Crippen LogP contribution in [0.4, 0.5) is 0 Å². The molecule has 0 bridgehead atoms. The number of hydrogen-bond acceptors (Lipinski definition) is 2. The van der Waals surface area contributed by atoms with Crippen LogP contribution in [0.3, 0.4) is 0 Å². The molecular weight excluding hydrogens is 162 g/mol. The first-order chi connectivity index (χ1) is 6.22. The zero-order chi connectivity index (χ0) is 9.42. The van der Waals surface area contributed by atoms with Gasteiger partial charge in [0.1, 0.15) is 0 Å². The summed E-state index contributed by atoms with van der Waals surface area (Å²) < 4.78 is 0. The monoisotopic (exact) mass is 181 g/mol. The summed E-state index contributed by atoms with van der Waals surface area (Å²) >= 11 is 0. The normalized spacial score (nSPS) is 36.1. The summed E-state index contributed by atoms with van der Waals surface area (Å²) in [5.74, 6) is 0.720. The zero-order valence-corrected chi connectivity index (χ0v) is 8.53. The van der Waals surface area contributed by atoms with Crippen LogP contribution < -0.4 is 0 Å². The second-order valence-corrected chi connectivity index (χ2v) is 4.37. The van der Waals surface area contributed by atoms with E-state index in [0.717, 1.165) is 18.9 Å². The molecule has 2 nitrogen and oxygen atoms in total. The molecule has 0 amide bonds. The highest BCUT2D eigenvalue weighted by atomic mass is 16.3. The van der Waals surface area contributed by atoms with Gasteiger partial charge in [-0.05, 0) is 37.8 Å². The average molecular weight is 181 g/mol. The van der Waals surface area contributed by atoms with Gasteiger partial charge in [0, 0.05) is 12.6 Å². The van der Waals surface area contributed by atoms with E-state index in [4.69, 9.17) is 0 Å². The van der Waals surface area contributed by atoms with Gasteiger partial charge in [-0.2, -0.15) is 0 Å². The van der Waals surface area contributed by atoms with E-state index in [1.165, 1.54) is 18.4 Å². The number of likely N-dealkylation sites (N-methyl/N-ethyl adjacent to an activating group) is 1. The lowest BCUT2D eigenvalue weighted by molar-refractivity contribution is 0.118. The molecule has 1 fully saturated rings. The van der Waals surface area contributed by atoms with Crippen molar-refractivity contribution < 1.29 is 5.11 Å².